The highest BCUT2D eigenvalue weighted by Gasteiger charge is 2.34. The fourth-order valence-electron chi connectivity index (χ4n) is 2.34. The topological polar surface area (TPSA) is 61.9 Å². The highest BCUT2D eigenvalue weighted by atomic mass is 35.5. The van der Waals surface area contributed by atoms with E-state index < -0.39 is 6.10 Å². The first kappa shape index (κ1) is 17.6. The summed E-state index contributed by atoms with van der Waals surface area (Å²) in [7, 11) is 3.86. The van der Waals surface area contributed by atoms with Crippen molar-refractivity contribution >= 4 is 29.1 Å². The molecule has 0 spiro atoms. The number of anilines is 1. The van der Waals surface area contributed by atoms with Crippen molar-refractivity contribution in [1.29, 1.82) is 0 Å². The summed E-state index contributed by atoms with van der Waals surface area (Å²) < 4.78 is 5.68. The van der Waals surface area contributed by atoms with Gasteiger partial charge in [0, 0.05) is 18.1 Å². The lowest BCUT2D eigenvalue weighted by Crippen LogP contribution is -2.50. The fourth-order valence-corrected chi connectivity index (χ4v) is 2.50. The van der Waals surface area contributed by atoms with Gasteiger partial charge in [-0.15, -0.1) is 0 Å². The number of hydrogen-bond donors (Lipinski definition) is 1. The van der Waals surface area contributed by atoms with E-state index in [1.807, 2.05) is 25.9 Å². The van der Waals surface area contributed by atoms with Crippen LogP contribution in [0.25, 0.3) is 0 Å². The number of nitrogens with one attached hydrogen (secondary N) is 1. The average Bonchev–Trinajstić information content (AvgIpc) is 2.49. The SMILES string of the molecule is CCC1Oc2ccc(Cl)cc2N(CC(=O)NCCN(C)C)C1=O. The summed E-state index contributed by atoms with van der Waals surface area (Å²) in [5.41, 5.74) is 0.537. The summed E-state index contributed by atoms with van der Waals surface area (Å²) in [5, 5.41) is 3.31. The van der Waals surface area contributed by atoms with Gasteiger partial charge in [0.1, 0.15) is 12.3 Å². The molecule has 1 aliphatic rings. The number of ether oxygens (including phenoxy) is 1. The maximum Gasteiger partial charge on any atom is 0.268 e. The number of rotatable bonds is 6. The van der Waals surface area contributed by atoms with Gasteiger partial charge in [-0.3, -0.25) is 14.5 Å². The van der Waals surface area contributed by atoms with Crippen LogP contribution in [0, 0.1) is 0 Å². The maximum absolute atomic E-state index is 12.5. The van der Waals surface area contributed by atoms with Crippen molar-refractivity contribution in [2.24, 2.45) is 0 Å². The van der Waals surface area contributed by atoms with Crippen molar-refractivity contribution in [3.05, 3.63) is 23.2 Å². The zero-order valence-corrected chi connectivity index (χ0v) is 14.4. The smallest absolute Gasteiger partial charge is 0.268 e. The molecule has 0 aromatic heterocycles. The van der Waals surface area contributed by atoms with Gasteiger partial charge in [0.25, 0.3) is 5.91 Å². The monoisotopic (exact) mass is 339 g/mol. The molecule has 2 amide bonds. The minimum atomic E-state index is -0.571. The van der Waals surface area contributed by atoms with E-state index in [4.69, 9.17) is 16.3 Å². The van der Waals surface area contributed by atoms with Gasteiger partial charge >= 0.3 is 0 Å². The van der Waals surface area contributed by atoms with Crippen molar-refractivity contribution in [3.8, 4) is 5.75 Å². The van der Waals surface area contributed by atoms with E-state index in [9.17, 15) is 9.59 Å². The van der Waals surface area contributed by atoms with E-state index in [-0.39, 0.29) is 18.4 Å². The predicted octanol–water partition coefficient (Wildman–Crippen LogP) is 1.52. The van der Waals surface area contributed by atoms with E-state index in [1.165, 1.54) is 4.90 Å². The second kappa shape index (κ2) is 7.66. The molecule has 0 aliphatic carbocycles. The Morgan fingerprint density at radius 3 is 2.83 bits per heavy atom. The van der Waals surface area contributed by atoms with E-state index >= 15 is 0 Å². The minimum absolute atomic E-state index is 0.0422. The van der Waals surface area contributed by atoms with Crippen molar-refractivity contribution < 1.29 is 14.3 Å². The van der Waals surface area contributed by atoms with Crippen LogP contribution in [0.3, 0.4) is 0 Å². The van der Waals surface area contributed by atoms with Crippen molar-refractivity contribution in [3.63, 3.8) is 0 Å². The second-order valence-electron chi connectivity index (χ2n) is 5.70. The molecule has 1 aromatic carbocycles. The summed E-state index contributed by atoms with van der Waals surface area (Å²) in [6.45, 7) is 3.10. The van der Waals surface area contributed by atoms with E-state index in [2.05, 4.69) is 5.32 Å². The number of likely N-dealkylation sites (N-methyl/N-ethyl adjacent to an activating group) is 1. The van der Waals surface area contributed by atoms with Gasteiger partial charge < -0.3 is 15.0 Å². The third-order valence-corrected chi connectivity index (χ3v) is 3.81. The predicted molar refractivity (Wildman–Crippen MR) is 90.1 cm³/mol. The second-order valence-corrected chi connectivity index (χ2v) is 6.14. The van der Waals surface area contributed by atoms with Crippen LogP contribution in [-0.2, 0) is 9.59 Å². The highest BCUT2D eigenvalue weighted by molar-refractivity contribution is 6.31. The standard InChI is InChI=1S/C16H22ClN3O3/c1-4-13-16(22)20(10-15(21)18-7-8-19(2)3)12-9-11(17)5-6-14(12)23-13/h5-6,9,13H,4,7-8,10H2,1-3H3,(H,18,21). The highest BCUT2D eigenvalue weighted by Crippen LogP contribution is 2.36. The normalized spacial score (nSPS) is 17.0. The van der Waals surface area contributed by atoms with Gasteiger partial charge in [-0.05, 0) is 38.7 Å². The van der Waals surface area contributed by atoms with Crippen molar-refractivity contribution in [2.75, 3.05) is 38.6 Å². The first-order valence-corrected chi connectivity index (χ1v) is 7.99. The Balaban J connectivity index is 2.14. The molecular formula is C16H22ClN3O3. The molecular weight excluding hydrogens is 318 g/mol. The Morgan fingerprint density at radius 2 is 2.17 bits per heavy atom. The average molecular weight is 340 g/mol. The van der Waals surface area contributed by atoms with Crippen LogP contribution in [-0.4, -0.2) is 56.5 Å². The molecule has 1 heterocycles. The molecule has 1 N–H and O–H groups in total. The molecule has 2 rings (SSSR count). The molecule has 126 valence electrons. The number of nitrogens with zero attached hydrogens (tertiary/aromatic N) is 2. The molecule has 6 nitrogen and oxygen atoms in total. The molecule has 0 saturated carbocycles. The van der Waals surface area contributed by atoms with E-state index in [1.54, 1.807) is 18.2 Å². The Bertz CT molecular complexity index is 592. The summed E-state index contributed by atoms with van der Waals surface area (Å²) in [4.78, 5) is 28.1. The molecule has 1 atom stereocenters. The Labute approximate surface area is 141 Å². The Kier molecular flexibility index (Phi) is 5.85. The van der Waals surface area contributed by atoms with Crippen LogP contribution in [0.1, 0.15) is 13.3 Å². The van der Waals surface area contributed by atoms with Crippen LogP contribution in [0.4, 0.5) is 5.69 Å². The zero-order chi connectivity index (χ0) is 17.0. The maximum atomic E-state index is 12.5. The van der Waals surface area contributed by atoms with Crippen LogP contribution in [0.2, 0.25) is 5.02 Å². The minimum Gasteiger partial charge on any atom is -0.478 e. The third kappa shape index (κ3) is 4.36. The molecule has 0 saturated heterocycles. The van der Waals surface area contributed by atoms with E-state index in [0.29, 0.717) is 29.4 Å². The van der Waals surface area contributed by atoms with Crippen molar-refractivity contribution in [2.45, 2.75) is 19.4 Å². The Morgan fingerprint density at radius 1 is 1.43 bits per heavy atom. The largest absolute Gasteiger partial charge is 0.478 e. The van der Waals surface area contributed by atoms with Crippen LogP contribution >= 0.6 is 11.6 Å². The first-order valence-electron chi connectivity index (χ1n) is 7.61. The molecule has 0 radical (unpaired) electrons. The van der Waals surface area contributed by atoms with Gasteiger partial charge in [-0.2, -0.15) is 0 Å². The third-order valence-electron chi connectivity index (χ3n) is 3.58. The quantitative estimate of drug-likeness (QED) is 0.853. The molecule has 1 aliphatic heterocycles. The summed E-state index contributed by atoms with van der Waals surface area (Å²) >= 11 is 6.02. The number of amides is 2. The van der Waals surface area contributed by atoms with Gasteiger partial charge in [0.15, 0.2) is 6.10 Å². The molecule has 1 unspecified atom stereocenters. The van der Waals surface area contributed by atoms with Gasteiger partial charge in [-0.1, -0.05) is 18.5 Å². The molecule has 0 fully saturated rings. The van der Waals surface area contributed by atoms with Crippen LogP contribution in [0.5, 0.6) is 5.75 Å². The number of carbonyl (C=O) groups is 2. The lowest BCUT2D eigenvalue weighted by molar-refractivity contribution is -0.129. The summed E-state index contributed by atoms with van der Waals surface area (Å²) in [6, 6.07) is 5.08. The summed E-state index contributed by atoms with van der Waals surface area (Å²) in [5.74, 6) is 0.148. The first-order chi connectivity index (χ1) is 10.9. The number of fused-ring (bicyclic) bond motifs is 1. The van der Waals surface area contributed by atoms with E-state index in [0.717, 1.165) is 6.54 Å². The lowest BCUT2D eigenvalue weighted by Gasteiger charge is -2.33. The number of hydrogen-bond acceptors (Lipinski definition) is 4. The lowest BCUT2D eigenvalue weighted by atomic mass is 10.1. The molecule has 1 aromatic rings. The number of benzene rings is 1. The zero-order valence-electron chi connectivity index (χ0n) is 13.6. The van der Waals surface area contributed by atoms with Gasteiger partial charge in [-0.25, -0.2) is 0 Å². The molecule has 0 bridgehead atoms. The van der Waals surface area contributed by atoms with Crippen LogP contribution in [0.15, 0.2) is 18.2 Å². The van der Waals surface area contributed by atoms with Gasteiger partial charge in [0.05, 0.1) is 5.69 Å². The van der Waals surface area contributed by atoms with Crippen LogP contribution < -0.4 is 15.0 Å². The molecule has 7 heteroatoms. The van der Waals surface area contributed by atoms with Gasteiger partial charge in [0.2, 0.25) is 5.91 Å². The van der Waals surface area contributed by atoms with Crippen molar-refractivity contribution in [1.82, 2.24) is 10.2 Å². The number of halogens is 1. The summed E-state index contributed by atoms with van der Waals surface area (Å²) in [6.07, 6.45) is -0.0297. The fraction of sp³-hybridized carbons (Fsp3) is 0.500. The number of carbonyl (C=O) groups excluding carboxylic acids is 2. The molecule has 23 heavy (non-hydrogen) atoms. The Hall–Kier alpha value is -1.79.